The molecule has 0 bridgehead atoms. The molecule has 14 heavy (non-hydrogen) atoms. The first-order valence-corrected chi connectivity index (χ1v) is 5.77. The Morgan fingerprint density at radius 1 is 0.786 bits per heavy atom. The van der Waals surface area contributed by atoms with Crippen molar-refractivity contribution in [3.05, 3.63) is 0 Å². The summed E-state index contributed by atoms with van der Waals surface area (Å²) in [4.78, 5) is 2.28. The first-order chi connectivity index (χ1) is 6.12. The molecule has 0 rings (SSSR count). The van der Waals surface area contributed by atoms with Gasteiger partial charge in [0.25, 0.3) is 0 Å². The summed E-state index contributed by atoms with van der Waals surface area (Å²) in [5.74, 6) is 0. The highest BCUT2D eigenvalue weighted by Gasteiger charge is 2.21. The van der Waals surface area contributed by atoms with Crippen LogP contribution >= 0.6 is 0 Å². The lowest BCUT2D eigenvalue weighted by atomic mass is 9.78. The van der Waals surface area contributed by atoms with Gasteiger partial charge in [0.2, 0.25) is 0 Å². The van der Waals surface area contributed by atoms with Gasteiger partial charge >= 0.3 is 0 Å². The van der Waals surface area contributed by atoms with Crippen LogP contribution in [0.1, 0.15) is 53.9 Å². The van der Waals surface area contributed by atoms with Gasteiger partial charge in [-0.3, -0.25) is 0 Å². The van der Waals surface area contributed by atoms with Crippen LogP contribution in [-0.4, -0.2) is 25.5 Å². The van der Waals surface area contributed by atoms with Crippen molar-refractivity contribution in [3.63, 3.8) is 0 Å². The molecule has 0 atom stereocenters. The fourth-order valence-electron chi connectivity index (χ4n) is 1.36. The van der Waals surface area contributed by atoms with Crippen molar-refractivity contribution in [2.75, 3.05) is 20.6 Å². The minimum atomic E-state index is 0.482. The molecule has 1 heteroatoms. The van der Waals surface area contributed by atoms with E-state index >= 15 is 0 Å². The third-order valence-electron chi connectivity index (χ3n) is 2.79. The Morgan fingerprint density at radius 2 is 1.29 bits per heavy atom. The standard InChI is InChI=1S/C13H29N/c1-12(2,3)8-9-13(4,5)10-11-14(6)7/h8-11H2,1-7H3. The number of nitrogens with zero attached hydrogens (tertiary/aromatic N) is 1. The molecule has 0 spiro atoms. The van der Waals surface area contributed by atoms with Crippen LogP contribution < -0.4 is 0 Å². The van der Waals surface area contributed by atoms with Crippen molar-refractivity contribution in [2.24, 2.45) is 10.8 Å². The topological polar surface area (TPSA) is 3.24 Å². The monoisotopic (exact) mass is 199 g/mol. The van der Waals surface area contributed by atoms with Gasteiger partial charge in [-0.25, -0.2) is 0 Å². The summed E-state index contributed by atoms with van der Waals surface area (Å²) in [6.45, 7) is 13.0. The van der Waals surface area contributed by atoms with Crippen molar-refractivity contribution in [1.29, 1.82) is 0 Å². The first kappa shape index (κ1) is 14.0. The van der Waals surface area contributed by atoms with Crippen LogP contribution in [0.25, 0.3) is 0 Å². The maximum absolute atomic E-state index is 2.39. The van der Waals surface area contributed by atoms with E-state index in [1.54, 1.807) is 0 Å². The molecule has 0 saturated carbocycles. The van der Waals surface area contributed by atoms with Crippen molar-refractivity contribution in [2.45, 2.75) is 53.9 Å². The van der Waals surface area contributed by atoms with Gasteiger partial charge in [-0.05, 0) is 50.7 Å². The molecule has 0 aliphatic carbocycles. The molecule has 0 unspecified atom stereocenters. The molecule has 0 N–H and O–H groups in total. The summed E-state index contributed by atoms with van der Waals surface area (Å²) < 4.78 is 0. The van der Waals surface area contributed by atoms with E-state index in [2.05, 4.69) is 53.6 Å². The van der Waals surface area contributed by atoms with Gasteiger partial charge in [0.1, 0.15) is 0 Å². The average Bonchev–Trinajstić information content (AvgIpc) is 1.97. The summed E-state index contributed by atoms with van der Waals surface area (Å²) in [6.07, 6.45) is 3.97. The van der Waals surface area contributed by atoms with Crippen LogP contribution in [0.2, 0.25) is 0 Å². The summed E-state index contributed by atoms with van der Waals surface area (Å²) in [5.41, 5.74) is 0.979. The van der Waals surface area contributed by atoms with E-state index in [1.807, 2.05) is 0 Å². The van der Waals surface area contributed by atoms with E-state index in [0.29, 0.717) is 10.8 Å². The maximum atomic E-state index is 2.39. The minimum absolute atomic E-state index is 0.482. The zero-order valence-electron chi connectivity index (χ0n) is 11.3. The van der Waals surface area contributed by atoms with E-state index in [1.165, 1.54) is 25.8 Å². The van der Waals surface area contributed by atoms with Crippen LogP contribution in [0.5, 0.6) is 0 Å². The van der Waals surface area contributed by atoms with Crippen LogP contribution in [-0.2, 0) is 0 Å². The van der Waals surface area contributed by atoms with Crippen LogP contribution in [0.3, 0.4) is 0 Å². The largest absolute Gasteiger partial charge is 0.309 e. The van der Waals surface area contributed by atoms with E-state index in [-0.39, 0.29) is 0 Å². The van der Waals surface area contributed by atoms with Crippen LogP contribution in [0, 0.1) is 10.8 Å². The lowest BCUT2D eigenvalue weighted by molar-refractivity contribution is 0.217. The van der Waals surface area contributed by atoms with E-state index in [4.69, 9.17) is 0 Å². The van der Waals surface area contributed by atoms with Gasteiger partial charge in [0.15, 0.2) is 0 Å². The number of hydrogen-bond acceptors (Lipinski definition) is 1. The Bertz CT molecular complexity index is 151. The molecule has 0 heterocycles. The lowest BCUT2D eigenvalue weighted by Gasteiger charge is -2.30. The maximum Gasteiger partial charge on any atom is -0.00197 e. The fourth-order valence-corrected chi connectivity index (χ4v) is 1.36. The third-order valence-corrected chi connectivity index (χ3v) is 2.79. The van der Waals surface area contributed by atoms with Gasteiger partial charge in [0.05, 0.1) is 0 Å². The fraction of sp³-hybridized carbons (Fsp3) is 1.00. The highest BCUT2D eigenvalue weighted by molar-refractivity contribution is 4.73. The molecule has 0 aliphatic heterocycles. The Labute approximate surface area is 90.9 Å². The van der Waals surface area contributed by atoms with E-state index in [9.17, 15) is 0 Å². The molecule has 0 saturated heterocycles. The average molecular weight is 199 g/mol. The third kappa shape index (κ3) is 8.55. The van der Waals surface area contributed by atoms with Crippen molar-refractivity contribution >= 4 is 0 Å². The van der Waals surface area contributed by atoms with Gasteiger partial charge < -0.3 is 4.90 Å². The SMILES string of the molecule is CN(C)CCC(C)(C)CCC(C)(C)C. The van der Waals surface area contributed by atoms with Crippen molar-refractivity contribution in [3.8, 4) is 0 Å². The molecule has 0 aromatic heterocycles. The highest BCUT2D eigenvalue weighted by atomic mass is 15.0. The minimum Gasteiger partial charge on any atom is -0.309 e. The van der Waals surface area contributed by atoms with Crippen LogP contribution in [0.4, 0.5) is 0 Å². The van der Waals surface area contributed by atoms with Crippen LogP contribution in [0.15, 0.2) is 0 Å². The normalized spacial score (nSPS) is 13.7. The zero-order valence-corrected chi connectivity index (χ0v) is 11.3. The van der Waals surface area contributed by atoms with Gasteiger partial charge in [-0.1, -0.05) is 34.6 Å². The Hall–Kier alpha value is -0.0400. The second-order valence-corrected chi connectivity index (χ2v) is 6.78. The molecular weight excluding hydrogens is 170 g/mol. The Morgan fingerprint density at radius 3 is 1.64 bits per heavy atom. The molecular formula is C13H29N. The van der Waals surface area contributed by atoms with E-state index in [0.717, 1.165) is 0 Å². The Kier molecular flexibility index (Phi) is 5.14. The molecule has 0 fully saturated rings. The predicted molar refractivity (Wildman–Crippen MR) is 65.6 cm³/mol. The number of hydrogen-bond donors (Lipinski definition) is 0. The van der Waals surface area contributed by atoms with Crippen molar-refractivity contribution in [1.82, 2.24) is 4.90 Å². The first-order valence-electron chi connectivity index (χ1n) is 5.77. The van der Waals surface area contributed by atoms with E-state index < -0.39 is 0 Å². The lowest BCUT2D eigenvalue weighted by Crippen LogP contribution is -2.23. The summed E-state index contributed by atoms with van der Waals surface area (Å²) in [6, 6.07) is 0. The molecule has 1 nitrogen and oxygen atoms in total. The predicted octanol–water partition coefficient (Wildman–Crippen LogP) is 3.79. The molecule has 0 aromatic carbocycles. The highest BCUT2D eigenvalue weighted by Crippen LogP contribution is 2.32. The summed E-state index contributed by atoms with van der Waals surface area (Å²) in [7, 11) is 4.31. The molecule has 0 aromatic rings. The summed E-state index contributed by atoms with van der Waals surface area (Å²) >= 11 is 0. The van der Waals surface area contributed by atoms with Gasteiger partial charge in [-0.2, -0.15) is 0 Å². The Balaban J connectivity index is 3.83. The number of rotatable bonds is 5. The second-order valence-electron chi connectivity index (χ2n) is 6.78. The molecule has 0 radical (unpaired) electrons. The van der Waals surface area contributed by atoms with Gasteiger partial charge in [0, 0.05) is 0 Å². The molecule has 86 valence electrons. The summed E-state index contributed by atoms with van der Waals surface area (Å²) in [5, 5.41) is 0. The smallest absolute Gasteiger partial charge is 0.00197 e. The van der Waals surface area contributed by atoms with Crippen molar-refractivity contribution < 1.29 is 0 Å². The zero-order chi connectivity index (χ0) is 11.4. The second kappa shape index (κ2) is 5.16. The molecule has 0 aliphatic rings. The van der Waals surface area contributed by atoms with Gasteiger partial charge in [-0.15, -0.1) is 0 Å². The molecule has 0 amide bonds. The quantitative estimate of drug-likeness (QED) is 0.651.